The smallest absolute Gasteiger partial charge is 0.321 e. The Hall–Kier alpha value is -2.56. The monoisotopic (exact) mass is 500 g/mol. The molecule has 1 atom stereocenters. The third-order valence-corrected chi connectivity index (χ3v) is 7.10. The molecule has 2 N–H and O–H groups in total. The fourth-order valence-corrected chi connectivity index (χ4v) is 4.80. The lowest BCUT2D eigenvalue weighted by Gasteiger charge is -2.37. The number of aliphatic hydroxyl groups is 1. The van der Waals surface area contributed by atoms with E-state index in [-0.39, 0.29) is 25.6 Å². The van der Waals surface area contributed by atoms with E-state index >= 15 is 0 Å². The lowest BCUT2D eigenvalue weighted by Crippen LogP contribution is -2.51. The van der Waals surface area contributed by atoms with Gasteiger partial charge >= 0.3 is 6.03 Å². The summed E-state index contributed by atoms with van der Waals surface area (Å²) in [7, 11) is 0. The minimum absolute atomic E-state index is 0. The molecule has 5 rings (SSSR count). The molecule has 2 amide bonds. The zero-order valence-electron chi connectivity index (χ0n) is 20.5. The van der Waals surface area contributed by atoms with Crippen molar-refractivity contribution in [1.82, 2.24) is 14.9 Å². The highest BCUT2D eigenvalue weighted by molar-refractivity contribution is 7.59. The number of aromatic nitrogens is 2. The largest absolute Gasteiger partial charge is 0.389 e. The van der Waals surface area contributed by atoms with Crippen LogP contribution in [0.5, 0.6) is 0 Å². The number of nitrogens with one attached hydrogen (secondary N) is 1. The summed E-state index contributed by atoms with van der Waals surface area (Å²) in [5.74, 6) is 2.08. The van der Waals surface area contributed by atoms with Crippen LogP contribution in [0.25, 0.3) is 11.3 Å². The van der Waals surface area contributed by atoms with Gasteiger partial charge in [-0.05, 0) is 37.0 Å². The van der Waals surface area contributed by atoms with Gasteiger partial charge in [-0.15, -0.1) is 0 Å². The second-order valence-corrected chi connectivity index (χ2v) is 9.54. The van der Waals surface area contributed by atoms with Crippen molar-refractivity contribution in [3.05, 3.63) is 29.8 Å². The average molecular weight is 501 g/mol. The molecule has 3 fully saturated rings. The predicted octanol–water partition coefficient (Wildman–Crippen LogP) is 2.85. The molecule has 0 bridgehead atoms. The molecule has 0 radical (unpaired) electrons. The lowest BCUT2D eigenvalue weighted by molar-refractivity contribution is 0.122. The molecule has 3 aliphatic heterocycles. The molecule has 2 aromatic rings. The summed E-state index contributed by atoms with van der Waals surface area (Å²) >= 11 is 0. The number of aliphatic hydroxyl groups excluding tert-OH is 1. The predicted molar refractivity (Wildman–Crippen MR) is 143 cm³/mol. The molecule has 1 aromatic carbocycles. The van der Waals surface area contributed by atoms with Crippen LogP contribution < -0.4 is 15.1 Å². The third-order valence-electron chi connectivity index (χ3n) is 7.10. The maximum atomic E-state index is 12.8. The highest BCUT2D eigenvalue weighted by Crippen LogP contribution is 2.31. The summed E-state index contributed by atoms with van der Waals surface area (Å²) < 4.78 is 5.52. The molecule has 0 saturated carbocycles. The minimum atomic E-state index is -0.336. The van der Waals surface area contributed by atoms with Crippen molar-refractivity contribution >= 4 is 37.0 Å². The zero-order chi connectivity index (χ0) is 23.7. The van der Waals surface area contributed by atoms with Gasteiger partial charge in [0.1, 0.15) is 5.82 Å². The molecule has 3 aliphatic rings. The molecule has 0 aliphatic carbocycles. The van der Waals surface area contributed by atoms with Crippen molar-refractivity contribution in [1.29, 1.82) is 0 Å². The van der Waals surface area contributed by atoms with E-state index in [2.05, 4.69) is 24.1 Å². The van der Waals surface area contributed by atoms with E-state index in [0.29, 0.717) is 38.2 Å². The van der Waals surface area contributed by atoms with Gasteiger partial charge < -0.3 is 29.9 Å². The van der Waals surface area contributed by atoms with E-state index in [0.717, 1.165) is 67.3 Å². The van der Waals surface area contributed by atoms with Crippen LogP contribution >= 0.6 is 13.5 Å². The molecule has 9 nitrogen and oxygen atoms in total. The summed E-state index contributed by atoms with van der Waals surface area (Å²) in [5.41, 5.74) is 3.61. The molecular weight excluding hydrogens is 464 g/mol. The van der Waals surface area contributed by atoms with Crippen molar-refractivity contribution in [3.63, 3.8) is 0 Å². The van der Waals surface area contributed by atoms with Crippen LogP contribution in [0.1, 0.15) is 25.3 Å². The van der Waals surface area contributed by atoms with Gasteiger partial charge in [0.25, 0.3) is 0 Å². The second kappa shape index (κ2) is 11.0. The zero-order valence-corrected chi connectivity index (χ0v) is 21.5. The van der Waals surface area contributed by atoms with Crippen LogP contribution in [0.4, 0.5) is 22.2 Å². The van der Waals surface area contributed by atoms with Crippen molar-refractivity contribution < 1.29 is 14.6 Å². The summed E-state index contributed by atoms with van der Waals surface area (Å²) in [6, 6.07) is 7.94. The topological polar surface area (TPSA) is 94.1 Å². The Labute approximate surface area is 213 Å². The van der Waals surface area contributed by atoms with Gasteiger partial charge in [-0.3, -0.25) is 0 Å². The first-order valence-corrected chi connectivity index (χ1v) is 12.3. The summed E-state index contributed by atoms with van der Waals surface area (Å²) in [6.45, 7) is 9.84. The number of likely N-dealkylation sites (tertiary alicyclic amines) is 1. The molecule has 4 heterocycles. The first-order valence-electron chi connectivity index (χ1n) is 12.3. The van der Waals surface area contributed by atoms with Crippen LogP contribution in [0.3, 0.4) is 0 Å². The maximum Gasteiger partial charge on any atom is 0.321 e. The first-order chi connectivity index (χ1) is 16.5. The molecule has 0 unspecified atom stereocenters. The van der Waals surface area contributed by atoms with Gasteiger partial charge in [0.15, 0.2) is 0 Å². The summed E-state index contributed by atoms with van der Waals surface area (Å²) in [4.78, 5) is 28.6. The summed E-state index contributed by atoms with van der Waals surface area (Å²) in [5, 5.41) is 12.9. The lowest BCUT2D eigenvalue weighted by atomic mass is 10.0. The van der Waals surface area contributed by atoms with Gasteiger partial charge in [0, 0.05) is 56.6 Å². The number of benzene rings is 1. The van der Waals surface area contributed by atoms with E-state index < -0.39 is 0 Å². The number of rotatable bonds is 5. The van der Waals surface area contributed by atoms with Crippen molar-refractivity contribution in [2.75, 3.05) is 67.6 Å². The standard InChI is InChI=1S/C25H34N6O3.H2S/c1-3-18-6-7-30(14-18)25(33)26-19-5-4-17(2)21(12-19)22-13-23(29-8-10-34-11-9-29)28-24(27-22)31-15-20(32)16-31;/h4-5,12-13,18,20,32H,3,6-11,14-16H2,1-2H3,(H,26,33);1H2/t18-;/m1./s1. The van der Waals surface area contributed by atoms with Crippen LogP contribution in [0.15, 0.2) is 24.3 Å². The van der Waals surface area contributed by atoms with Crippen molar-refractivity contribution in [3.8, 4) is 11.3 Å². The number of aryl methyl sites for hydroxylation is 1. The number of hydrogen-bond donors (Lipinski definition) is 2. The minimum Gasteiger partial charge on any atom is -0.389 e. The molecule has 35 heavy (non-hydrogen) atoms. The number of hydrogen-bond acceptors (Lipinski definition) is 7. The molecule has 3 saturated heterocycles. The highest BCUT2D eigenvalue weighted by atomic mass is 32.1. The number of β-amino-alcohol motifs (C(OH)–C–C–N with tert-alkyl or cyclic N) is 1. The number of amides is 2. The highest BCUT2D eigenvalue weighted by Gasteiger charge is 2.29. The Morgan fingerprint density at radius 2 is 1.89 bits per heavy atom. The van der Waals surface area contributed by atoms with Crippen molar-refractivity contribution in [2.45, 2.75) is 32.8 Å². The van der Waals surface area contributed by atoms with Crippen LogP contribution in [-0.2, 0) is 4.74 Å². The fourth-order valence-electron chi connectivity index (χ4n) is 4.80. The van der Waals surface area contributed by atoms with E-state index in [1.807, 2.05) is 34.1 Å². The van der Waals surface area contributed by atoms with Crippen LogP contribution in [-0.4, -0.2) is 84.6 Å². The van der Waals surface area contributed by atoms with E-state index in [1.54, 1.807) is 0 Å². The Balaban J connectivity index is 0.00000289. The number of urea groups is 1. The van der Waals surface area contributed by atoms with Gasteiger partial charge in [0.2, 0.25) is 5.95 Å². The van der Waals surface area contributed by atoms with Crippen LogP contribution in [0, 0.1) is 12.8 Å². The number of carbonyl (C=O) groups excluding carboxylic acids is 1. The first kappa shape index (κ1) is 25.5. The maximum absolute atomic E-state index is 12.8. The number of morpholine rings is 1. The second-order valence-electron chi connectivity index (χ2n) is 9.54. The van der Waals surface area contributed by atoms with E-state index in [9.17, 15) is 9.90 Å². The van der Waals surface area contributed by atoms with Crippen LogP contribution in [0.2, 0.25) is 0 Å². The Bertz CT molecular complexity index is 1040. The number of carbonyl (C=O) groups is 1. The van der Waals surface area contributed by atoms with E-state index in [4.69, 9.17) is 14.7 Å². The molecular formula is C25H36N6O3S. The number of ether oxygens (including phenoxy) is 1. The molecule has 0 spiro atoms. The van der Waals surface area contributed by atoms with Gasteiger partial charge in [0.05, 0.1) is 25.0 Å². The summed E-state index contributed by atoms with van der Waals surface area (Å²) in [6.07, 6.45) is 1.84. The van der Waals surface area contributed by atoms with Crippen molar-refractivity contribution in [2.24, 2.45) is 5.92 Å². The number of anilines is 3. The van der Waals surface area contributed by atoms with Gasteiger partial charge in [-0.2, -0.15) is 18.5 Å². The van der Waals surface area contributed by atoms with Gasteiger partial charge in [-0.1, -0.05) is 19.4 Å². The quantitative estimate of drug-likeness (QED) is 0.652. The molecule has 10 heteroatoms. The Morgan fingerprint density at radius 1 is 1.11 bits per heavy atom. The average Bonchev–Trinajstić information content (AvgIpc) is 3.33. The fraction of sp³-hybridized carbons (Fsp3) is 0.560. The molecule has 1 aromatic heterocycles. The molecule has 190 valence electrons. The normalized spacial score (nSPS) is 20.4. The van der Waals surface area contributed by atoms with E-state index in [1.165, 1.54) is 0 Å². The Morgan fingerprint density at radius 3 is 2.57 bits per heavy atom. The third kappa shape index (κ3) is 5.65. The SMILES string of the molecule is CC[C@@H]1CCN(C(=O)Nc2ccc(C)c(-c3cc(N4CCOCC4)nc(N4CC(O)C4)n3)c2)C1.S. The number of nitrogens with zero attached hydrogens (tertiary/aromatic N) is 5. The Kier molecular flexibility index (Phi) is 8.03. The van der Waals surface area contributed by atoms with Gasteiger partial charge in [-0.25, -0.2) is 9.78 Å².